The van der Waals surface area contributed by atoms with Crippen LogP contribution in [-0.2, 0) is 4.74 Å². The lowest BCUT2D eigenvalue weighted by Crippen LogP contribution is -2.28. The molecule has 2 rings (SSSR count). The standard InChI is InChI=1S/C11H21NO/c1-2-3-6-12-8-10-5-4-7-13-11(10)9-12/h10-11H,2-9H2,1H3. The van der Waals surface area contributed by atoms with E-state index in [0.717, 1.165) is 12.5 Å². The minimum atomic E-state index is 0.575. The van der Waals surface area contributed by atoms with Crippen molar-refractivity contribution >= 4 is 0 Å². The average Bonchev–Trinajstić information content (AvgIpc) is 2.57. The van der Waals surface area contributed by atoms with E-state index in [-0.39, 0.29) is 0 Å². The fraction of sp³-hybridized carbons (Fsp3) is 1.00. The van der Waals surface area contributed by atoms with Crippen molar-refractivity contribution in [2.24, 2.45) is 5.92 Å². The summed E-state index contributed by atoms with van der Waals surface area (Å²) in [5, 5.41) is 0. The van der Waals surface area contributed by atoms with Crippen molar-refractivity contribution in [2.75, 3.05) is 26.2 Å². The summed E-state index contributed by atoms with van der Waals surface area (Å²) in [5.74, 6) is 0.852. The van der Waals surface area contributed by atoms with E-state index in [4.69, 9.17) is 4.74 Å². The molecule has 2 heteroatoms. The SMILES string of the molecule is CCCCN1CC2CCCOC2C1. The van der Waals surface area contributed by atoms with Gasteiger partial charge in [-0.2, -0.15) is 0 Å². The van der Waals surface area contributed by atoms with Gasteiger partial charge in [0.25, 0.3) is 0 Å². The zero-order valence-electron chi connectivity index (χ0n) is 8.67. The fourth-order valence-corrected chi connectivity index (χ4v) is 2.54. The van der Waals surface area contributed by atoms with Crippen LogP contribution >= 0.6 is 0 Å². The van der Waals surface area contributed by atoms with Crippen molar-refractivity contribution in [1.82, 2.24) is 4.90 Å². The maximum absolute atomic E-state index is 5.77. The van der Waals surface area contributed by atoms with Gasteiger partial charge in [0.1, 0.15) is 0 Å². The number of rotatable bonds is 3. The third-order valence-corrected chi connectivity index (χ3v) is 3.34. The zero-order valence-corrected chi connectivity index (χ0v) is 8.67. The summed E-state index contributed by atoms with van der Waals surface area (Å²) in [7, 11) is 0. The highest BCUT2D eigenvalue weighted by molar-refractivity contribution is 4.86. The molecular weight excluding hydrogens is 162 g/mol. The summed E-state index contributed by atoms with van der Waals surface area (Å²) in [6.07, 6.45) is 5.91. The molecule has 13 heavy (non-hydrogen) atoms. The van der Waals surface area contributed by atoms with Gasteiger partial charge in [0.05, 0.1) is 6.10 Å². The molecule has 2 heterocycles. The predicted molar refractivity (Wildman–Crippen MR) is 53.8 cm³/mol. The average molecular weight is 183 g/mol. The second-order valence-electron chi connectivity index (χ2n) is 4.42. The topological polar surface area (TPSA) is 12.5 Å². The molecule has 2 nitrogen and oxygen atoms in total. The summed E-state index contributed by atoms with van der Waals surface area (Å²) in [4.78, 5) is 2.59. The summed E-state index contributed by atoms with van der Waals surface area (Å²) < 4.78 is 5.77. The van der Waals surface area contributed by atoms with E-state index in [1.165, 1.54) is 45.3 Å². The van der Waals surface area contributed by atoms with Crippen molar-refractivity contribution in [1.29, 1.82) is 0 Å². The van der Waals surface area contributed by atoms with Gasteiger partial charge in [-0.05, 0) is 31.7 Å². The van der Waals surface area contributed by atoms with Crippen molar-refractivity contribution < 1.29 is 4.74 Å². The van der Waals surface area contributed by atoms with Gasteiger partial charge in [-0.15, -0.1) is 0 Å². The van der Waals surface area contributed by atoms with Gasteiger partial charge in [-0.25, -0.2) is 0 Å². The van der Waals surface area contributed by atoms with E-state index in [1.807, 2.05) is 0 Å². The molecule has 0 radical (unpaired) electrons. The molecule has 2 unspecified atom stereocenters. The highest BCUT2D eigenvalue weighted by Gasteiger charge is 2.34. The van der Waals surface area contributed by atoms with Crippen LogP contribution < -0.4 is 0 Å². The Hall–Kier alpha value is -0.0800. The number of ether oxygens (including phenoxy) is 1. The van der Waals surface area contributed by atoms with Crippen LogP contribution in [-0.4, -0.2) is 37.2 Å². The highest BCUT2D eigenvalue weighted by atomic mass is 16.5. The molecule has 0 bridgehead atoms. The van der Waals surface area contributed by atoms with Crippen molar-refractivity contribution in [3.05, 3.63) is 0 Å². The fourth-order valence-electron chi connectivity index (χ4n) is 2.54. The number of nitrogens with zero attached hydrogens (tertiary/aromatic N) is 1. The molecule has 0 saturated carbocycles. The monoisotopic (exact) mass is 183 g/mol. The van der Waals surface area contributed by atoms with Crippen LogP contribution in [0.3, 0.4) is 0 Å². The number of unbranched alkanes of at least 4 members (excludes halogenated alkanes) is 1. The summed E-state index contributed by atoms with van der Waals surface area (Å²) in [5.41, 5.74) is 0. The summed E-state index contributed by atoms with van der Waals surface area (Å²) in [6, 6.07) is 0. The quantitative estimate of drug-likeness (QED) is 0.662. The van der Waals surface area contributed by atoms with E-state index in [1.54, 1.807) is 0 Å². The maximum Gasteiger partial charge on any atom is 0.0742 e. The first-order chi connectivity index (χ1) is 6.40. The Labute approximate surface area is 81.3 Å². The molecule has 0 amide bonds. The molecule has 0 aromatic rings. The van der Waals surface area contributed by atoms with Crippen LogP contribution in [0.25, 0.3) is 0 Å². The zero-order chi connectivity index (χ0) is 9.10. The largest absolute Gasteiger partial charge is 0.377 e. The molecule has 2 saturated heterocycles. The van der Waals surface area contributed by atoms with E-state index >= 15 is 0 Å². The van der Waals surface area contributed by atoms with Gasteiger partial charge in [-0.1, -0.05) is 13.3 Å². The van der Waals surface area contributed by atoms with Gasteiger partial charge in [0.2, 0.25) is 0 Å². The Bertz CT molecular complexity index is 146. The molecule has 0 spiro atoms. The molecule has 76 valence electrons. The number of hydrogen-bond acceptors (Lipinski definition) is 2. The molecule has 2 atom stereocenters. The lowest BCUT2D eigenvalue weighted by Gasteiger charge is -2.24. The molecule has 0 aliphatic carbocycles. The van der Waals surface area contributed by atoms with Crippen LogP contribution in [0.4, 0.5) is 0 Å². The molecule has 2 aliphatic rings. The Balaban J connectivity index is 1.77. The van der Waals surface area contributed by atoms with Crippen LogP contribution in [0.5, 0.6) is 0 Å². The van der Waals surface area contributed by atoms with E-state index in [9.17, 15) is 0 Å². The molecule has 0 N–H and O–H groups in total. The lowest BCUT2D eigenvalue weighted by molar-refractivity contribution is -0.00109. The maximum atomic E-state index is 5.77. The van der Waals surface area contributed by atoms with Gasteiger partial charge in [-0.3, -0.25) is 0 Å². The van der Waals surface area contributed by atoms with Crippen LogP contribution in [0.1, 0.15) is 32.6 Å². The van der Waals surface area contributed by atoms with Gasteiger partial charge in [0.15, 0.2) is 0 Å². The number of hydrogen-bond donors (Lipinski definition) is 0. The third-order valence-electron chi connectivity index (χ3n) is 3.34. The van der Waals surface area contributed by atoms with Gasteiger partial charge >= 0.3 is 0 Å². The van der Waals surface area contributed by atoms with E-state index in [0.29, 0.717) is 6.10 Å². The minimum absolute atomic E-state index is 0.575. The van der Waals surface area contributed by atoms with E-state index < -0.39 is 0 Å². The van der Waals surface area contributed by atoms with Crippen molar-refractivity contribution in [2.45, 2.75) is 38.7 Å². The Morgan fingerprint density at radius 3 is 3.08 bits per heavy atom. The molecule has 2 fully saturated rings. The molecular formula is C11H21NO. The number of likely N-dealkylation sites (tertiary alicyclic amines) is 1. The van der Waals surface area contributed by atoms with Gasteiger partial charge < -0.3 is 9.64 Å². The predicted octanol–water partition coefficient (Wildman–Crippen LogP) is 1.90. The van der Waals surface area contributed by atoms with Crippen LogP contribution in [0.2, 0.25) is 0 Å². The summed E-state index contributed by atoms with van der Waals surface area (Å²) in [6.45, 7) is 7.05. The third kappa shape index (κ3) is 2.23. The first kappa shape index (κ1) is 9.47. The number of fused-ring (bicyclic) bond motifs is 1. The van der Waals surface area contributed by atoms with Crippen LogP contribution in [0, 0.1) is 5.92 Å². The smallest absolute Gasteiger partial charge is 0.0742 e. The molecule has 0 aromatic carbocycles. The second-order valence-corrected chi connectivity index (χ2v) is 4.42. The second kappa shape index (κ2) is 4.43. The first-order valence-electron chi connectivity index (χ1n) is 5.74. The van der Waals surface area contributed by atoms with E-state index in [2.05, 4.69) is 11.8 Å². The normalized spacial score (nSPS) is 34.8. The molecule has 0 aromatic heterocycles. The van der Waals surface area contributed by atoms with Gasteiger partial charge in [0, 0.05) is 19.7 Å². The Morgan fingerprint density at radius 1 is 1.38 bits per heavy atom. The van der Waals surface area contributed by atoms with Crippen molar-refractivity contribution in [3.8, 4) is 0 Å². The lowest BCUT2D eigenvalue weighted by atomic mass is 9.98. The van der Waals surface area contributed by atoms with Crippen molar-refractivity contribution in [3.63, 3.8) is 0 Å². The molecule has 2 aliphatic heterocycles. The first-order valence-corrected chi connectivity index (χ1v) is 5.74. The Kier molecular flexibility index (Phi) is 3.23. The van der Waals surface area contributed by atoms with Crippen LogP contribution in [0.15, 0.2) is 0 Å². The summed E-state index contributed by atoms with van der Waals surface area (Å²) >= 11 is 0. The minimum Gasteiger partial charge on any atom is -0.377 e. The highest BCUT2D eigenvalue weighted by Crippen LogP contribution is 2.28. The Morgan fingerprint density at radius 2 is 2.31 bits per heavy atom.